The summed E-state index contributed by atoms with van der Waals surface area (Å²) in [5, 5.41) is 3.65. The van der Waals surface area contributed by atoms with Gasteiger partial charge in [0.15, 0.2) is 0 Å². The van der Waals surface area contributed by atoms with Gasteiger partial charge in [0.25, 0.3) is 5.91 Å². The van der Waals surface area contributed by atoms with Gasteiger partial charge in [0.05, 0.1) is 17.9 Å². The van der Waals surface area contributed by atoms with Crippen LogP contribution in [0.25, 0.3) is 0 Å². The van der Waals surface area contributed by atoms with Crippen LogP contribution in [0.2, 0.25) is 5.02 Å². The molecule has 3 aromatic carbocycles. The fourth-order valence-electron chi connectivity index (χ4n) is 2.52. The van der Waals surface area contributed by atoms with E-state index < -0.39 is 11.7 Å². The normalized spacial score (nSPS) is 10.5. The van der Waals surface area contributed by atoms with E-state index >= 15 is 0 Å². The molecule has 0 saturated heterocycles. The molecule has 6 heteroatoms. The van der Waals surface area contributed by atoms with Crippen LogP contribution in [0.1, 0.15) is 21.5 Å². The maximum atomic E-state index is 13.7. The number of amides is 1. The van der Waals surface area contributed by atoms with Gasteiger partial charge in [0, 0.05) is 10.7 Å². The average Bonchev–Trinajstić information content (AvgIpc) is 2.66. The minimum atomic E-state index is -0.479. The molecule has 1 amide bonds. The van der Waals surface area contributed by atoms with Crippen molar-refractivity contribution in [3.05, 3.63) is 94.3 Å². The van der Waals surface area contributed by atoms with Gasteiger partial charge in [-0.05, 0) is 48.4 Å². The molecule has 0 aromatic heterocycles. The van der Waals surface area contributed by atoms with Crippen molar-refractivity contribution >= 4 is 28.9 Å². The van der Waals surface area contributed by atoms with Gasteiger partial charge in [-0.3, -0.25) is 9.63 Å². The minimum absolute atomic E-state index is 0.226. The molecule has 0 spiro atoms. The quantitative estimate of drug-likeness (QED) is 0.560. The van der Waals surface area contributed by atoms with E-state index in [0.29, 0.717) is 16.4 Å². The second kappa shape index (κ2) is 8.66. The second-order valence-electron chi connectivity index (χ2n) is 5.93. The molecule has 0 radical (unpaired) electrons. The Morgan fingerprint density at radius 3 is 2.59 bits per heavy atom. The van der Waals surface area contributed by atoms with E-state index in [1.165, 1.54) is 18.2 Å². The van der Waals surface area contributed by atoms with Crippen LogP contribution < -0.4 is 10.8 Å². The number of hydrogen-bond donors (Lipinski definition) is 2. The Balaban J connectivity index is 1.75. The summed E-state index contributed by atoms with van der Waals surface area (Å²) in [4.78, 5) is 17.8. The molecule has 0 heterocycles. The highest BCUT2D eigenvalue weighted by atomic mass is 35.5. The number of nitrogens with one attached hydrogen (secondary N) is 2. The Kier molecular flexibility index (Phi) is 6.06. The van der Waals surface area contributed by atoms with Gasteiger partial charge in [-0.2, -0.15) is 0 Å². The molecule has 0 bridgehead atoms. The van der Waals surface area contributed by atoms with Gasteiger partial charge in [-0.25, -0.2) is 9.87 Å². The third-order valence-electron chi connectivity index (χ3n) is 4.01. The first-order valence-corrected chi connectivity index (χ1v) is 8.70. The number of rotatable bonds is 6. The zero-order chi connectivity index (χ0) is 19.2. The molecule has 3 aromatic rings. The number of hydroxylamine groups is 1. The first kappa shape index (κ1) is 18.9. The number of carbonyl (C=O) groups excluding carboxylic acids is 1. The van der Waals surface area contributed by atoms with Crippen molar-refractivity contribution in [1.29, 1.82) is 0 Å². The number of anilines is 2. The molecule has 27 heavy (non-hydrogen) atoms. The SMILES string of the molecule is Cc1c(Cl)cccc1Nc1cc(F)ccc1C(=O)NOCc1ccccc1. The lowest BCUT2D eigenvalue weighted by Crippen LogP contribution is -2.24. The van der Waals surface area contributed by atoms with E-state index in [4.69, 9.17) is 16.4 Å². The van der Waals surface area contributed by atoms with Crippen molar-refractivity contribution in [2.45, 2.75) is 13.5 Å². The standard InChI is InChI=1S/C21H18ClFN2O2/c1-14-18(22)8-5-9-19(14)24-20-12-16(23)10-11-17(20)21(26)25-27-13-15-6-3-2-4-7-15/h2-12,24H,13H2,1H3,(H,25,26). The third kappa shape index (κ3) is 4.84. The molecule has 4 nitrogen and oxygen atoms in total. The molecule has 0 aliphatic rings. The van der Waals surface area contributed by atoms with Crippen LogP contribution in [0.15, 0.2) is 66.7 Å². The van der Waals surface area contributed by atoms with Crippen molar-refractivity contribution in [3.8, 4) is 0 Å². The number of halogens is 2. The summed E-state index contributed by atoms with van der Waals surface area (Å²) >= 11 is 6.13. The molecule has 3 rings (SSSR count). The Labute approximate surface area is 161 Å². The van der Waals surface area contributed by atoms with Crippen LogP contribution in [0.5, 0.6) is 0 Å². The van der Waals surface area contributed by atoms with Crippen LogP contribution in [0.4, 0.5) is 15.8 Å². The molecular formula is C21H18ClFN2O2. The van der Waals surface area contributed by atoms with E-state index in [1.807, 2.05) is 37.3 Å². The number of benzene rings is 3. The summed E-state index contributed by atoms with van der Waals surface area (Å²) in [7, 11) is 0. The summed E-state index contributed by atoms with van der Waals surface area (Å²) in [5.41, 5.74) is 5.38. The van der Waals surface area contributed by atoms with Gasteiger partial charge < -0.3 is 5.32 Å². The van der Waals surface area contributed by atoms with Gasteiger partial charge in [0.2, 0.25) is 0 Å². The average molecular weight is 385 g/mol. The summed E-state index contributed by atoms with van der Waals surface area (Å²) < 4.78 is 13.7. The van der Waals surface area contributed by atoms with E-state index in [9.17, 15) is 9.18 Å². The number of carbonyl (C=O) groups is 1. The summed E-state index contributed by atoms with van der Waals surface area (Å²) in [6, 6.07) is 18.7. The Morgan fingerprint density at radius 2 is 1.81 bits per heavy atom. The Morgan fingerprint density at radius 1 is 1.04 bits per heavy atom. The first-order valence-electron chi connectivity index (χ1n) is 8.32. The van der Waals surface area contributed by atoms with Gasteiger partial charge in [-0.15, -0.1) is 0 Å². The van der Waals surface area contributed by atoms with E-state index in [-0.39, 0.29) is 12.2 Å². The van der Waals surface area contributed by atoms with Crippen molar-refractivity contribution in [3.63, 3.8) is 0 Å². The molecule has 0 fully saturated rings. The van der Waals surface area contributed by atoms with Crippen LogP contribution >= 0.6 is 11.6 Å². The number of hydrogen-bond acceptors (Lipinski definition) is 3. The highest BCUT2D eigenvalue weighted by Crippen LogP contribution is 2.28. The van der Waals surface area contributed by atoms with Gasteiger partial charge >= 0.3 is 0 Å². The second-order valence-corrected chi connectivity index (χ2v) is 6.34. The largest absolute Gasteiger partial charge is 0.355 e. The lowest BCUT2D eigenvalue weighted by atomic mass is 10.1. The maximum Gasteiger partial charge on any atom is 0.276 e. The zero-order valence-corrected chi connectivity index (χ0v) is 15.4. The molecule has 138 valence electrons. The fraction of sp³-hybridized carbons (Fsp3) is 0.0952. The predicted octanol–water partition coefficient (Wildman–Crippen LogP) is 5.39. The Hall–Kier alpha value is -2.89. The topological polar surface area (TPSA) is 50.4 Å². The van der Waals surface area contributed by atoms with Crippen LogP contribution in [-0.4, -0.2) is 5.91 Å². The van der Waals surface area contributed by atoms with Crippen molar-refractivity contribution < 1.29 is 14.0 Å². The predicted molar refractivity (Wildman–Crippen MR) is 105 cm³/mol. The smallest absolute Gasteiger partial charge is 0.276 e. The van der Waals surface area contributed by atoms with E-state index in [2.05, 4.69) is 10.8 Å². The molecule has 0 saturated carbocycles. The van der Waals surface area contributed by atoms with E-state index in [1.54, 1.807) is 18.2 Å². The monoisotopic (exact) mass is 384 g/mol. The van der Waals surface area contributed by atoms with Gasteiger partial charge in [-0.1, -0.05) is 48.0 Å². The van der Waals surface area contributed by atoms with Crippen molar-refractivity contribution in [2.75, 3.05) is 5.32 Å². The maximum absolute atomic E-state index is 13.7. The fourth-order valence-corrected chi connectivity index (χ4v) is 2.69. The van der Waals surface area contributed by atoms with Crippen molar-refractivity contribution in [1.82, 2.24) is 5.48 Å². The van der Waals surface area contributed by atoms with Crippen LogP contribution in [0, 0.1) is 12.7 Å². The minimum Gasteiger partial charge on any atom is -0.355 e. The first-order chi connectivity index (χ1) is 13.0. The highest BCUT2D eigenvalue weighted by molar-refractivity contribution is 6.31. The summed E-state index contributed by atoms with van der Waals surface area (Å²) in [5.74, 6) is -0.938. The van der Waals surface area contributed by atoms with Gasteiger partial charge in [0.1, 0.15) is 5.82 Å². The highest BCUT2D eigenvalue weighted by Gasteiger charge is 2.14. The van der Waals surface area contributed by atoms with Crippen molar-refractivity contribution in [2.24, 2.45) is 0 Å². The molecular weight excluding hydrogens is 367 g/mol. The summed E-state index contributed by atoms with van der Waals surface area (Å²) in [6.07, 6.45) is 0. The lowest BCUT2D eigenvalue weighted by molar-refractivity contribution is 0.0234. The van der Waals surface area contributed by atoms with Crippen LogP contribution in [-0.2, 0) is 11.4 Å². The molecule has 2 N–H and O–H groups in total. The third-order valence-corrected chi connectivity index (χ3v) is 4.42. The lowest BCUT2D eigenvalue weighted by Gasteiger charge is -2.15. The van der Waals surface area contributed by atoms with Crippen LogP contribution in [0.3, 0.4) is 0 Å². The molecule has 0 aliphatic carbocycles. The molecule has 0 aliphatic heterocycles. The zero-order valence-electron chi connectivity index (χ0n) is 14.6. The molecule has 0 atom stereocenters. The Bertz CT molecular complexity index is 948. The van der Waals surface area contributed by atoms with E-state index in [0.717, 1.165) is 11.1 Å². The summed E-state index contributed by atoms with van der Waals surface area (Å²) in [6.45, 7) is 2.07. The molecule has 0 unspecified atom stereocenters.